The summed E-state index contributed by atoms with van der Waals surface area (Å²) in [6, 6.07) is 10.4. The third-order valence-electron chi connectivity index (χ3n) is 4.74. The van der Waals surface area contributed by atoms with E-state index in [1.165, 1.54) is 5.56 Å². The molecule has 3 heteroatoms. The molecule has 24 heavy (non-hydrogen) atoms. The first kappa shape index (κ1) is 20.7. The summed E-state index contributed by atoms with van der Waals surface area (Å²) >= 11 is 0. The van der Waals surface area contributed by atoms with Gasteiger partial charge in [0.25, 0.3) is 0 Å². The van der Waals surface area contributed by atoms with Crippen LogP contribution in [-0.4, -0.2) is 38.0 Å². The van der Waals surface area contributed by atoms with Crippen molar-refractivity contribution in [1.82, 2.24) is 10.2 Å². The Bertz CT molecular complexity index is 448. The quantitative estimate of drug-likeness (QED) is 0.576. The topological polar surface area (TPSA) is 32.3 Å². The Morgan fingerprint density at radius 1 is 1.00 bits per heavy atom. The summed E-state index contributed by atoms with van der Waals surface area (Å²) in [5, 5.41) is 3.23. The van der Waals surface area contributed by atoms with E-state index in [2.05, 4.69) is 62.4 Å². The number of hydrogen-bond acceptors (Lipinski definition) is 2. The summed E-state index contributed by atoms with van der Waals surface area (Å²) in [5.41, 5.74) is 0.808. The maximum absolute atomic E-state index is 13.2. The van der Waals surface area contributed by atoms with Crippen molar-refractivity contribution in [2.45, 2.75) is 64.2 Å². The number of unbranched alkanes of at least 4 members (excludes halogenated alkanes) is 2. The molecule has 0 unspecified atom stereocenters. The van der Waals surface area contributed by atoms with Crippen LogP contribution in [0.1, 0.15) is 64.4 Å². The molecule has 0 aliphatic rings. The van der Waals surface area contributed by atoms with Gasteiger partial charge in [-0.25, -0.2) is 0 Å². The molecule has 136 valence electrons. The molecule has 1 aromatic rings. The van der Waals surface area contributed by atoms with Crippen LogP contribution in [0.5, 0.6) is 0 Å². The van der Waals surface area contributed by atoms with Gasteiger partial charge >= 0.3 is 0 Å². The van der Waals surface area contributed by atoms with Crippen LogP contribution in [0, 0.1) is 0 Å². The summed E-state index contributed by atoms with van der Waals surface area (Å²) in [5.74, 6) is 0.217. The van der Waals surface area contributed by atoms with Gasteiger partial charge in [-0.1, -0.05) is 69.9 Å². The van der Waals surface area contributed by atoms with Crippen LogP contribution in [0.2, 0.25) is 0 Å². The van der Waals surface area contributed by atoms with E-state index in [0.29, 0.717) is 0 Å². The Kier molecular flexibility index (Phi) is 9.70. The largest absolute Gasteiger partial charge is 0.355 e. The average Bonchev–Trinajstić information content (AvgIpc) is 2.59. The second kappa shape index (κ2) is 11.2. The normalized spacial score (nSPS) is 11.7. The highest BCUT2D eigenvalue weighted by Gasteiger charge is 2.38. The number of benzene rings is 1. The van der Waals surface area contributed by atoms with Gasteiger partial charge in [0.05, 0.1) is 5.41 Å². The first-order valence-corrected chi connectivity index (χ1v) is 9.55. The van der Waals surface area contributed by atoms with E-state index in [4.69, 9.17) is 0 Å². The van der Waals surface area contributed by atoms with Crippen molar-refractivity contribution >= 4 is 5.91 Å². The molecule has 0 aliphatic heterocycles. The molecule has 1 amide bonds. The zero-order valence-electron chi connectivity index (χ0n) is 16.1. The van der Waals surface area contributed by atoms with Crippen LogP contribution in [0.3, 0.4) is 0 Å². The zero-order chi connectivity index (χ0) is 17.8. The summed E-state index contributed by atoms with van der Waals surface area (Å²) < 4.78 is 0. The van der Waals surface area contributed by atoms with E-state index < -0.39 is 0 Å². The van der Waals surface area contributed by atoms with E-state index in [9.17, 15) is 4.79 Å². The first-order chi connectivity index (χ1) is 11.6. The van der Waals surface area contributed by atoms with Crippen molar-refractivity contribution < 1.29 is 4.79 Å². The molecule has 3 nitrogen and oxygen atoms in total. The Balaban J connectivity index is 2.93. The molecule has 0 spiro atoms. The Labute approximate surface area is 148 Å². The number of carbonyl (C=O) groups excluding carboxylic acids is 1. The summed E-state index contributed by atoms with van der Waals surface area (Å²) in [7, 11) is 4.14. The number of amides is 1. The van der Waals surface area contributed by atoms with Crippen LogP contribution < -0.4 is 5.32 Å². The number of hydrogen-bond donors (Lipinski definition) is 1. The second-order valence-electron chi connectivity index (χ2n) is 7.07. The maximum Gasteiger partial charge on any atom is 0.230 e. The molecule has 0 bridgehead atoms. The minimum absolute atomic E-state index is 0.217. The van der Waals surface area contributed by atoms with Gasteiger partial charge in [0.2, 0.25) is 5.91 Å². The molecule has 1 N–H and O–H groups in total. The molecule has 0 aromatic heterocycles. The Hall–Kier alpha value is -1.35. The number of carbonyl (C=O) groups is 1. The SMILES string of the molecule is CCCCC(CCCC)(C(=O)NCCCN(C)C)c1ccccc1. The molecule has 0 fully saturated rings. The number of nitrogens with one attached hydrogen (secondary N) is 1. The van der Waals surface area contributed by atoms with E-state index in [-0.39, 0.29) is 11.3 Å². The standard InChI is InChI=1S/C21H36N2O/c1-5-7-15-21(16-8-6-2,19-13-10-9-11-14-19)20(24)22-17-12-18-23(3)4/h9-11,13-14H,5-8,12,15-18H2,1-4H3,(H,22,24). The van der Waals surface area contributed by atoms with Gasteiger partial charge in [-0.3, -0.25) is 4.79 Å². The van der Waals surface area contributed by atoms with Crippen molar-refractivity contribution in [3.05, 3.63) is 35.9 Å². The lowest BCUT2D eigenvalue weighted by Gasteiger charge is -2.33. The maximum atomic E-state index is 13.2. The monoisotopic (exact) mass is 332 g/mol. The summed E-state index contributed by atoms with van der Waals surface area (Å²) in [4.78, 5) is 15.4. The molecule has 0 saturated carbocycles. The summed E-state index contributed by atoms with van der Waals surface area (Å²) in [6.45, 7) is 6.15. The lowest BCUT2D eigenvalue weighted by Crippen LogP contribution is -2.45. The van der Waals surface area contributed by atoms with E-state index in [0.717, 1.165) is 58.0 Å². The molecule has 0 heterocycles. The smallest absolute Gasteiger partial charge is 0.230 e. The minimum Gasteiger partial charge on any atom is -0.355 e. The zero-order valence-corrected chi connectivity index (χ0v) is 16.1. The molecule has 0 saturated heterocycles. The van der Waals surface area contributed by atoms with Crippen LogP contribution in [0.15, 0.2) is 30.3 Å². The fourth-order valence-electron chi connectivity index (χ4n) is 3.25. The van der Waals surface area contributed by atoms with Gasteiger partial charge in [-0.05, 0) is 45.5 Å². The van der Waals surface area contributed by atoms with Crippen molar-refractivity contribution in [3.8, 4) is 0 Å². The van der Waals surface area contributed by atoms with Gasteiger partial charge in [0, 0.05) is 6.54 Å². The molecule has 1 aromatic carbocycles. The number of rotatable bonds is 12. The molecule has 0 aliphatic carbocycles. The van der Waals surface area contributed by atoms with E-state index >= 15 is 0 Å². The highest BCUT2D eigenvalue weighted by Crippen LogP contribution is 2.35. The summed E-state index contributed by atoms with van der Waals surface area (Å²) in [6.07, 6.45) is 7.28. The fraction of sp³-hybridized carbons (Fsp3) is 0.667. The predicted octanol–water partition coefficient (Wildman–Crippen LogP) is 4.37. The second-order valence-corrected chi connectivity index (χ2v) is 7.07. The Morgan fingerprint density at radius 3 is 2.08 bits per heavy atom. The molecular weight excluding hydrogens is 296 g/mol. The Morgan fingerprint density at radius 2 is 1.58 bits per heavy atom. The van der Waals surface area contributed by atoms with Crippen LogP contribution in [0.25, 0.3) is 0 Å². The minimum atomic E-state index is -0.370. The lowest BCUT2D eigenvalue weighted by atomic mass is 9.72. The van der Waals surface area contributed by atoms with Gasteiger partial charge in [-0.15, -0.1) is 0 Å². The van der Waals surface area contributed by atoms with Gasteiger partial charge in [-0.2, -0.15) is 0 Å². The van der Waals surface area contributed by atoms with Crippen molar-refractivity contribution in [1.29, 1.82) is 0 Å². The third-order valence-corrected chi connectivity index (χ3v) is 4.74. The molecule has 0 atom stereocenters. The van der Waals surface area contributed by atoms with Crippen LogP contribution >= 0.6 is 0 Å². The van der Waals surface area contributed by atoms with Crippen molar-refractivity contribution in [2.75, 3.05) is 27.2 Å². The predicted molar refractivity (Wildman–Crippen MR) is 103 cm³/mol. The van der Waals surface area contributed by atoms with E-state index in [1.54, 1.807) is 0 Å². The van der Waals surface area contributed by atoms with Crippen molar-refractivity contribution in [3.63, 3.8) is 0 Å². The highest BCUT2D eigenvalue weighted by molar-refractivity contribution is 5.88. The van der Waals surface area contributed by atoms with Gasteiger partial charge in [0.1, 0.15) is 0 Å². The highest BCUT2D eigenvalue weighted by atomic mass is 16.2. The van der Waals surface area contributed by atoms with E-state index in [1.807, 2.05) is 6.07 Å². The van der Waals surface area contributed by atoms with Gasteiger partial charge < -0.3 is 10.2 Å². The fourth-order valence-corrected chi connectivity index (χ4v) is 3.25. The van der Waals surface area contributed by atoms with Crippen LogP contribution in [0.4, 0.5) is 0 Å². The number of nitrogens with zero attached hydrogens (tertiary/aromatic N) is 1. The van der Waals surface area contributed by atoms with Crippen molar-refractivity contribution in [2.24, 2.45) is 0 Å². The average molecular weight is 333 g/mol. The third kappa shape index (κ3) is 6.27. The lowest BCUT2D eigenvalue weighted by molar-refractivity contribution is -0.127. The molecular formula is C21H36N2O. The van der Waals surface area contributed by atoms with Crippen LogP contribution in [-0.2, 0) is 10.2 Å². The van der Waals surface area contributed by atoms with Gasteiger partial charge in [0.15, 0.2) is 0 Å². The molecule has 1 rings (SSSR count). The molecule has 0 radical (unpaired) electrons. The first-order valence-electron chi connectivity index (χ1n) is 9.55.